The maximum absolute atomic E-state index is 14.2. The number of hydrogen-bond donors (Lipinski definition) is 4. The minimum Gasteiger partial charge on any atom is -0.347 e. The topological polar surface area (TPSA) is 180 Å². The number of ketones is 1. The average Bonchev–Trinajstić information content (AvgIpc) is 3.62. The number of rotatable bonds is 14. The van der Waals surface area contributed by atoms with Crippen molar-refractivity contribution in [2.45, 2.75) is 111 Å². The van der Waals surface area contributed by atoms with Crippen molar-refractivity contribution in [2.75, 3.05) is 13.1 Å². The fourth-order valence-electron chi connectivity index (χ4n) is 6.28. The summed E-state index contributed by atoms with van der Waals surface area (Å²) in [6.07, 6.45) is 8.86. The van der Waals surface area contributed by atoms with Crippen molar-refractivity contribution in [2.24, 2.45) is 17.3 Å². The molecule has 248 valence electrons. The van der Waals surface area contributed by atoms with Crippen LogP contribution in [0.2, 0.25) is 0 Å². The number of amides is 5. The van der Waals surface area contributed by atoms with Crippen LogP contribution >= 0.6 is 0 Å². The second-order valence-electron chi connectivity index (χ2n) is 13.1. The van der Waals surface area contributed by atoms with Gasteiger partial charge in [-0.3, -0.25) is 33.8 Å². The molecule has 1 aromatic heterocycles. The van der Waals surface area contributed by atoms with Crippen molar-refractivity contribution in [1.82, 2.24) is 36.1 Å². The van der Waals surface area contributed by atoms with Gasteiger partial charge in [0.2, 0.25) is 23.5 Å². The second kappa shape index (κ2) is 15.9. The molecule has 1 aliphatic carbocycles. The molecule has 45 heavy (non-hydrogen) atoms. The maximum Gasteiger partial charge on any atom is 0.289 e. The van der Waals surface area contributed by atoms with E-state index in [1.807, 2.05) is 41.5 Å². The van der Waals surface area contributed by atoms with Crippen LogP contribution in [0.4, 0.5) is 0 Å². The van der Waals surface area contributed by atoms with Gasteiger partial charge in [-0.1, -0.05) is 54.4 Å². The molecule has 1 aliphatic heterocycles. The van der Waals surface area contributed by atoms with Gasteiger partial charge in [-0.2, -0.15) is 0 Å². The Morgan fingerprint density at radius 3 is 2.29 bits per heavy atom. The highest BCUT2D eigenvalue weighted by molar-refractivity contribution is 6.38. The van der Waals surface area contributed by atoms with E-state index in [4.69, 9.17) is 0 Å². The number of likely N-dealkylation sites (tertiary alicyclic amines) is 1. The molecule has 3 rings (SSSR count). The first-order chi connectivity index (χ1) is 21.3. The first kappa shape index (κ1) is 35.6. The quantitative estimate of drug-likeness (QED) is 0.224. The number of nitrogens with one attached hydrogen (secondary N) is 4. The van der Waals surface area contributed by atoms with E-state index in [-0.39, 0.29) is 36.5 Å². The molecule has 13 nitrogen and oxygen atoms in total. The SMILES string of the molecule is CCC[C@H](NC(=O)[C@@H]1[C@H]2CCC[C@H]2CN1C(=O)C(NC(=O)CNC(=O)c1cnccn1)C(C)(C)C)C(=O)C(=O)NC(CC)CC. The second-order valence-corrected chi connectivity index (χ2v) is 13.1. The van der Waals surface area contributed by atoms with Crippen LogP contribution in [-0.2, 0) is 24.0 Å². The van der Waals surface area contributed by atoms with Crippen molar-refractivity contribution >= 4 is 35.3 Å². The van der Waals surface area contributed by atoms with E-state index >= 15 is 0 Å². The molecule has 13 heteroatoms. The molecule has 4 N–H and O–H groups in total. The molecule has 1 unspecified atom stereocenters. The lowest BCUT2D eigenvalue weighted by atomic mass is 9.85. The van der Waals surface area contributed by atoms with Crippen LogP contribution in [0.15, 0.2) is 18.6 Å². The molecular formula is C32H49N7O6. The van der Waals surface area contributed by atoms with Crippen molar-refractivity contribution < 1.29 is 28.8 Å². The molecule has 0 spiro atoms. The summed E-state index contributed by atoms with van der Waals surface area (Å²) < 4.78 is 0. The zero-order valence-electron chi connectivity index (χ0n) is 27.4. The number of Topliss-reactive ketones (excluding diaryl/α,β-unsaturated/α-hetero) is 1. The van der Waals surface area contributed by atoms with Crippen molar-refractivity contribution in [1.29, 1.82) is 0 Å². The van der Waals surface area contributed by atoms with E-state index < -0.39 is 58.9 Å². The predicted octanol–water partition coefficient (Wildman–Crippen LogP) is 1.52. The van der Waals surface area contributed by atoms with Crippen LogP contribution < -0.4 is 21.3 Å². The molecule has 1 saturated heterocycles. The van der Waals surface area contributed by atoms with Crippen LogP contribution in [-0.4, -0.2) is 87.4 Å². The molecule has 0 aromatic carbocycles. The number of hydrogen-bond acceptors (Lipinski definition) is 8. The van der Waals surface area contributed by atoms with Crippen molar-refractivity contribution in [3.05, 3.63) is 24.3 Å². The van der Waals surface area contributed by atoms with E-state index in [1.165, 1.54) is 23.5 Å². The Morgan fingerprint density at radius 2 is 1.69 bits per heavy atom. The third kappa shape index (κ3) is 9.07. The molecule has 0 radical (unpaired) electrons. The highest BCUT2D eigenvalue weighted by Crippen LogP contribution is 2.43. The molecule has 0 bridgehead atoms. The predicted molar refractivity (Wildman–Crippen MR) is 166 cm³/mol. The van der Waals surface area contributed by atoms with Gasteiger partial charge >= 0.3 is 0 Å². The first-order valence-corrected chi connectivity index (χ1v) is 16.1. The average molecular weight is 628 g/mol. The van der Waals surface area contributed by atoms with E-state index in [2.05, 4.69) is 31.2 Å². The Bertz CT molecular complexity index is 1230. The van der Waals surface area contributed by atoms with Crippen LogP contribution in [0.5, 0.6) is 0 Å². The Balaban J connectivity index is 1.76. The fourth-order valence-corrected chi connectivity index (χ4v) is 6.28. The summed E-state index contributed by atoms with van der Waals surface area (Å²) in [5.41, 5.74) is -0.673. The third-order valence-electron chi connectivity index (χ3n) is 8.82. The van der Waals surface area contributed by atoms with Gasteiger partial charge in [-0.05, 0) is 49.4 Å². The van der Waals surface area contributed by atoms with Gasteiger partial charge in [0, 0.05) is 25.0 Å². The molecular weight excluding hydrogens is 578 g/mol. The Hall–Kier alpha value is -3.90. The lowest BCUT2D eigenvalue weighted by Crippen LogP contribution is -2.60. The van der Waals surface area contributed by atoms with Crippen LogP contribution in [0, 0.1) is 17.3 Å². The highest BCUT2D eigenvalue weighted by atomic mass is 16.2. The van der Waals surface area contributed by atoms with Crippen molar-refractivity contribution in [3.63, 3.8) is 0 Å². The normalized spacial score (nSPS) is 20.6. The fraction of sp³-hybridized carbons (Fsp3) is 0.688. The lowest BCUT2D eigenvalue weighted by molar-refractivity contribution is -0.146. The van der Waals surface area contributed by atoms with Crippen LogP contribution in [0.25, 0.3) is 0 Å². The number of fused-ring (bicyclic) bond motifs is 1. The molecule has 5 amide bonds. The van der Waals surface area contributed by atoms with Gasteiger partial charge in [0.05, 0.1) is 18.8 Å². The summed E-state index contributed by atoms with van der Waals surface area (Å²) >= 11 is 0. The zero-order valence-corrected chi connectivity index (χ0v) is 27.4. The minimum atomic E-state index is -1.01. The molecule has 1 saturated carbocycles. The standard InChI is InChI=1S/C32H49N7O6/c1-7-11-22(26(41)30(44)36-20(8-2)9-3)37-29(43)25-21-13-10-12-19(21)18-39(25)31(45)27(32(4,5)6)38-24(40)17-35-28(42)23-16-33-14-15-34-23/h14-16,19-22,25,27H,7-13,17-18H2,1-6H3,(H,35,42)(H,36,44)(H,37,43)(H,38,40)/t19-,21-,22-,25-,27?/m0/s1. The van der Waals surface area contributed by atoms with Crippen LogP contribution in [0.3, 0.4) is 0 Å². The smallest absolute Gasteiger partial charge is 0.289 e. The Morgan fingerprint density at radius 1 is 0.978 bits per heavy atom. The highest BCUT2D eigenvalue weighted by Gasteiger charge is 2.52. The monoisotopic (exact) mass is 627 g/mol. The molecule has 1 aromatic rings. The third-order valence-corrected chi connectivity index (χ3v) is 8.82. The summed E-state index contributed by atoms with van der Waals surface area (Å²) in [6.45, 7) is 11.1. The lowest BCUT2D eigenvalue weighted by Gasteiger charge is -2.36. The van der Waals surface area contributed by atoms with Gasteiger partial charge in [0.25, 0.3) is 11.8 Å². The molecule has 2 heterocycles. The summed E-state index contributed by atoms with van der Waals surface area (Å²) in [5, 5.41) is 10.8. The van der Waals surface area contributed by atoms with Gasteiger partial charge in [-0.15, -0.1) is 0 Å². The summed E-state index contributed by atoms with van der Waals surface area (Å²) in [4.78, 5) is 88.6. The number of aromatic nitrogens is 2. The van der Waals surface area contributed by atoms with Crippen LogP contribution in [0.1, 0.15) is 97.0 Å². The van der Waals surface area contributed by atoms with E-state index in [1.54, 1.807) is 0 Å². The molecule has 5 atom stereocenters. The summed E-state index contributed by atoms with van der Waals surface area (Å²) in [6, 6.07) is -2.97. The van der Waals surface area contributed by atoms with Crippen molar-refractivity contribution in [3.8, 4) is 0 Å². The number of carbonyl (C=O) groups excluding carboxylic acids is 6. The summed E-state index contributed by atoms with van der Waals surface area (Å²) in [7, 11) is 0. The Kier molecular flexibility index (Phi) is 12.6. The minimum absolute atomic E-state index is 0.0547. The van der Waals surface area contributed by atoms with Gasteiger partial charge in [0.1, 0.15) is 17.8 Å². The first-order valence-electron chi connectivity index (χ1n) is 16.1. The largest absolute Gasteiger partial charge is 0.347 e. The van der Waals surface area contributed by atoms with E-state index in [9.17, 15) is 28.8 Å². The molecule has 2 fully saturated rings. The van der Waals surface area contributed by atoms with Gasteiger partial charge in [-0.25, -0.2) is 4.98 Å². The number of carbonyl (C=O) groups is 6. The Labute approximate surface area is 265 Å². The zero-order chi connectivity index (χ0) is 33.3. The van der Waals surface area contributed by atoms with E-state index in [0.29, 0.717) is 25.8 Å². The van der Waals surface area contributed by atoms with E-state index in [0.717, 1.165) is 19.3 Å². The van der Waals surface area contributed by atoms with Gasteiger partial charge in [0.15, 0.2) is 0 Å². The molecule has 2 aliphatic rings. The summed E-state index contributed by atoms with van der Waals surface area (Å²) in [5.74, 6) is -3.41. The van der Waals surface area contributed by atoms with Gasteiger partial charge < -0.3 is 26.2 Å². The maximum atomic E-state index is 14.2. The number of nitrogens with zero attached hydrogens (tertiary/aromatic N) is 3.